The molecular formula is C12H13IN4O2S. The Bertz CT molecular complexity index is 685. The Balaban J connectivity index is 2.38. The van der Waals surface area contributed by atoms with E-state index in [0.717, 1.165) is 14.0 Å². The molecule has 0 aliphatic carbocycles. The van der Waals surface area contributed by atoms with Gasteiger partial charge < -0.3 is 11.1 Å². The van der Waals surface area contributed by atoms with E-state index < -0.39 is 5.91 Å². The zero-order valence-electron chi connectivity index (χ0n) is 11.2. The highest BCUT2D eigenvalue weighted by molar-refractivity contribution is 14.1. The molecule has 2 amide bonds. The molecule has 6 nitrogen and oxygen atoms in total. The molecule has 8 heteroatoms. The molecule has 0 unspecified atom stereocenters. The van der Waals surface area contributed by atoms with Crippen LogP contribution in [-0.4, -0.2) is 21.6 Å². The van der Waals surface area contributed by atoms with Gasteiger partial charge in [-0.05, 0) is 42.0 Å². The number of halogens is 1. The first-order valence-corrected chi connectivity index (χ1v) is 7.61. The number of aromatic nitrogens is 2. The zero-order valence-corrected chi connectivity index (χ0v) is 14.1. The highest BCUT2D eigenvalue weighted by atomic mass is 127. The van der Waals surface area contributed by atoms with Crippen molar-refractivity contribution in [1.29, 1.82) is 0 Å². The predicted octanol–water partition coefficient (Wildman–Crippen LogP) is 2.05. The van der Waals surface area contributed by atoms with Gasteiger partial charge in [0.25, 0.3) is 11.8 Å². The molecule has 0 aliphatic rings. The Kier molecular flexibility index (Phi) is 4.14. The Morgan fingerprint density at radius 1 is 1.45 bits per heavy atom. The minimum atomic E-state index is -0.540. The third kappa shape index (κ3) is 2.57. The number of thiophene rings is 1. The standard InChI is InChI=1S/C12H13IN4O2S/c1-5-6(2)20-12(8(5)10(14)18)16-11(19)9-7(13)4-15-17(9)3/h4H,1-3H3,(H2,14,18)(H,16,19). The maximum Gasteiger partial charge on any atom is 0.275 e. The first-order valence-electron chi connectivity index (χ1n) is 5.71. The molecule has 0 aliphatic heterocycles. The summed E-state index contributed by atoms with van der Waals surface area (Å²) in [5.41, 5.74) is 7.01. The normalized spacial score (nSPS) is 10.6. The molecule has 0 radical (unpaired) electrons. The van der Waals surface area contributed by atoms with Gasteiger partial charge in [0.1, 0.15) is 10.7 Å². The van der Waals surface area contributed by atoms with E-state index in [1.807, 2.05) is 36.4 Å². The second-order valence-electron chi connectivity index (χ2n) is 4.27. The zero-order chi connectivity index (χ0) is 15.0. The highest BCUT2D eigenvalue weighted by Crippen LogP contribution is 2.32. The third-order valence-corrected chi connectivity index (χ3v) is 4.88. The number of carbonyl (C=O) groups excluding carboxylic acids is 2. The van der Waals surface area contributed by atoms with Gasteiger partial charge in [0.15, 0.2) is 0 Å². The summed E-state index contributed by atoms with van der Waals surface area (Å²) >= 11 is 3.38. The number of hydrogen-bond acceptors (Lipinski definition) is 4. The minimum absolute atomic E-state index is 0.307. The van der Waals surface area contributed by atoms with E-state index >= 15 is 0 Å². The summed E-state index contributed by atoms with van der Waals surface area (Å²) in [7, 11) is 1.69. The SMILES string of the molecule is Cc1sc(NC(=O)c2c(I)cnn2C)c(C(N)=O)c1C. The van der Waals surface area contributed by atoms with Gasteiger partial charge in [-0.2, -0.15) is 5.10 Å². The largest absolute Gasteiger partial charge is 0.365 e. The lowest BCUT2D eigenvalue weighted by atomic mass is 10.1. The lowest BCUT2D eigenvalue weighted by Gasteiger charge is -2.06. The van der Waals surface area contributed by atoms with Gasteiger partial charge in [0, 0.05) is 11.9 Å². The van der Waals surface area contributed by atoms with Crippen LogP contribution >= 0.6 is 33.9 Å². The van der Waals surface area contributed by atoms with Gasteiger partial charge in [0.05, 0.1) is 15.3 Å². The summed E-state index contributed by atoms with van der Waals surface area (Å²) in [6, 6.07) is 0. The number of hydrogen-bond donors (Lipinski definition) is 2. The van der Waals surface area contributed by atoms with E-state index in [9.17, 15) is 9.59 Å². The van der Waals surface area contributed by atoms with Gasteiger partial charge in [-0.15, -0.1) is 11.3 Å². The lowest BCUT2D eigenvalue weighted by molar-refractivity contribution is 0.100. The molecule has 2 heterocycles. The van der Waals surface area contributed by atoms with E-state index in [1.165, 1.54) is 16.0 Å². The maximum absolute atomic E-state index is 12.3. The molecule has 2 aromatic heterocycles. The molecule has 106 valence electrons. The molecule has 0 fully saturated rings. The lowest BCUT2D eigenvalue weighted by Crippen LogP contribution is -2.20. The summed E-state index contributed by atoms with van der Waals surface area (Å²) in [6.45, 7) is 3.70. The van der Waals surface area contributed by atoms with E-state index in [-0.39, 0.29) is 5.91 Å². The number of aryl methyl sites for hydroxylation is 2. The van der Waals surface area contributed by atoms with Crippen molar-refractivity contribution >= 4 is 50.7 Å². The van der Waals surface area contributed by atoms with E-state index in [1.54, 1.807) is 13.2 Å². The fraction of sp³-hybridized carbons (Fsp3) is 0.250. The molecule has 3 N–H and O–H groups in total. The molecule has 2 aromatic rings. The summed E-state index contributed by atoms with van der Waals surface area (Å²) in [4.78, 5) is 24.8. The monoisotopic (exact) mass is 404 g/mol. The number of nitrogens with zero attached hydrogens (tertiary/aromatic N) is 2. The number of nitrogens with two attached hydrogens (primary N) is 1. The number of anilines is 1. The summed E-state index contributed by atoms with van der Waals surface area (Å²) in [5, 5.41) is 7.25. The number of amides is 2. The maximum atomic E-state index is 12.3. The summed E-state index contributed by atoms with van der Waals surface area (Å²) in [5.74, 6) is -0.847. The van der Waals surface area contributed by atoms with Crippen molar-refractivity contribution in [2.24, 2.45) is 12.8 Å². The van der Waals surface area contributed by atoms with Crippen molar-refractivity contribution < 1.29 is 9.59 Å². The van der Waals surface area contributed by atoms with Crippen LogP contribution in [0, 0.1) is 17.4 Å². The van der Waals surface area contributed by atoms with Crippen LogP contribution in [0.5, 0.6) is 0 Å². The molecule has 0 atom stereocenters. The Hall–Kier alpha value is -1.42. The van der Waals surface area contributed by atoms with Gasteiger partial charge in [-0.1, -0.05) is 0 Å². The minimum Gasteiger partial charge on any atom is -0.365 e. The molecule has 20 heavy (non-hydrogen) atoms. The van der Waals surface area contributed by atoms with Gasteiger partial charge in [-0.3, -0.25) is 14.3 Å². The molecule has 0 saturated heterocycles. The van der Waals surface area contributed by atoms with Crippen molar-refractivity contribution in [3.8, 4) is 0 Å². The quantitative estimate of drug-likeness (QED) is 0.768. The number of nitrogens with one attached hydrogen (secondary N) is 1. The van der Waals surface area contributed by atoms with Crippen LogP contribution in [0.3, 0.4) is 0 Å². The van der Waals surface area contributed by atoms with E-state index in [0.29, 0.717) is 16.3 Å². The fourth-order valence-corrected chi connectivity index (χ4v) is 3.62. The average Bonchev–Trinajstić information content (AvgIpc) is 2.80. The van der Waals surface area contributed by atoms with Crippen LogP contribution in [0.1, 0.15) is 31.3 Å². The Morgan fingerprint density at radius 2 is 2.10 bits per heavy atom. The average molecular weight is 404 g/mol. The second-order valence-corrected chi connectivity index (χ2v) is 6.66. The van der Waals surface area contributed by atoms with Crippen LogP contribution in [0.25, 0.3) is 0 Å². The molecule has 0 saturated carbocycles. The number of rotatable bonds is 3. The molecule has 2 rings (SSSR count). The van der Waals surface area contributed by atoms with Crippen molar-refractivity contribution in [3.05, 3.63) is 31.5 Å². The highest BCUT2D eigenvalue weighted by Gasteiger charge is 2.22. The Labute approximate surface area is 133 Å². The van der Waals surface area contributed by atoms with Crippen molar-refractivity contribution in [1.82, 2.24) is 9.78 Å². The third-order valence-electron chi connectivity index (χ3n) is 2.97. The molecule has 0 bridgehead atoms. The van der Waals surface area contributed by atoms with Crippen LogP contribution in [0.2, 0.25) is 0 Å². The summed E-state index contributed by atoms with van der Waals surface area (Å²) < 4.78 is 2.24. The fourth-order valence-electron chi connectivity index (χ4n) is 1.84. The summed E-state index contributed by atoms with van der Waals surface area (Å²) in [6.07, 6.45) is 1.61. The van der Waals surface area contributed by atoms with Gasteiger partial charge in [0.2, 0.25) is 0 Å². The van der Waals surface area contributed by atoms with Crippen LogP contribution in [0.4, 0.5) is 5.00 Å². The smallest absolute Gasteiger partial charge is 0.275 e. The van der Waals surface area contributed by atoms with Crippen LogP contribution in [0.15, 0.2) is 6.20 Å². The van der Waals surface area contributed by atoms with E-state index in [2.05, 4.69) is 10.4 Å². The van der Waals surface area contributed by atoms with E-state index in [4.69, 9.17) is 5.73 Å². The molecule has 0 aromatic carbocycles. The van der Waals surface area contributed by atoms with Gasteiger partial charge >= 0.3 is 0 Å². The van der Waals surface area contributed by atoms with Crippen molar-refractivity contribution in [2.75, 3.05) is 5.32 Å². The predicted molar refractivity (Wildman–Crippen MR) is 86.2 cm³/mol. The molecule has 0 spiro atoms. The Morgan fingerprint density at radius 3 is 2.60 bits per heavy atom. The first-order chi connectivity index (χ1) is 9.32. The number of primary amides is 1. The van der Waals surface area contributed by atoms with Crippen molar-refractivity contribution in [3.63, 3.8) is 0 Å². The van der Waals surface area contributed by atoms with Crippen molar-refractivity contribution in [2.45, 2.75) is 13.8 Å². The van der Waals surface area contributed by atoms with Crippen LogP contribution < -0.4 is 11.1 Å². The van der Waals surface area contributed by atoms with Crippen LogP contribution in [-0.2, 0) is 7.05 Å². The van der Waals surface area contributed by atoms with Gasteiger partial charge in [-0.25, -0.2) is 0 Å². The topological polar surface area (TPSA) is 90.0 Å². The number of carbonyl (C=O) groups is 2. The molecular weight excluding hydrogens is 391 g/mol. The first kappa shape index (κ1) is 15.0. The second kappa shape index (κ2) is 5.52.